The summed E-state index contributed by atoms with van der Waals surface area (Å²) in [5, 5.41) is 5.29. The van der Waals surface area contributed by atoms with Gasteiger partial charge < -0.3 is 0 Å². The molecule has 0 amide bonds. The van der Waals surface area contributed by atoms with Gasteiger partial charge >= 0.3 is 0 Å². The van der Waals surface area contributed by atoms with Crippen LogP contribution in [0.4, 0.5) is 0 Å². The van der Waals surface area contributed by atoms with E-state index in [1.807, 2.05) is 0 Å². The molecule has 3 aliphatic carbocycles. The minimum absolute atomic E-state index is 0.0248. The molecule has 0 spiro atoms. The van der Waals surface area contributed by atoms with Crippen molar-refractivity contribution in [2.24, 2.45) is 0 Å². The lowest BCUT2D eigenvalue weighted by Gasteiger charge is -2.31. The van der Waals surface area contributed by atoms with Gasteiger partial charge in [-0.3, -0.25) is 0 Å². The molecule has 0 heterocycles. The molecule has 78 heavy (non-hydrogen) atoms. The Labute approximate surface area is 464 Å². The molecule has 0 N–H and O–H groups in total. The highest BCUT2D eigenvalue weighted by molar-refractivity contribution is 6.13. The quantitative estimate of drug-likeness (QED) is 0.140. The summed E-state index contributed by atoms with van der Waals surface area (Å²) in [4.78, 5) is 0. The fraction of sp³-hybridized carbons (Fsp3) is 0.205. The second-order valence-corrected chi connectivity index (χ2v) is 23.6. The van der Waals surface area contributed by atoms with Gasteiger partial charge in [0.2, 0.25) is 0 Å². The molecular formula is C78H72. The van der Waals surface area contributed by atoms with Crippen LogP contribution in [0.3, 0.4) is 0 Å². The van der Waals surface area contributed by atoms with Crippen molar-refractivity contribution in [3.05, 3.63) is 275 Å². The average Bonchev–Trinajstić information content (AvgIpc) is 3.87. The molecule has 1 fully saturated rings. The highest BCUT2D eigenvalue weighted by atomic mass is 14.4. The van der Waals surface area contributed by atoms with Crippen molar-refractivity contribution in [1.29, 1.82) is 0 Å². The summed E-state index contributed by atoms with van der Waals surface area (Å²) in [5.41, 5.74) is 29.3. The predicted molar refractivity (Wildman–Crippen MR) is 336 cm³/mol. The Morgan fingerprint density at radius 1 is 0.359 bits per heavy atom. The molecule has 0 radical (unpaired) electrons. The van der Waals surface area contributed by atoms with Crippen LogP contribution in [0.5, 0.6) is 0 Å². The van der Waals surface area contributed by atoms with Gasteiger partial charge in [-0.1, -0.05) is 265 Å². The highest BCUT2D eigenvalue weighted by Gasteiger charge is 2.37. The zero-order chi connectivity index (χ0) is 53.7. The van der Waals surface area contributed by atoms with Crippen molar-refractivity contribution >= 4 is 21.5 Å². The first kappa shape index (κ1) is 50.7. The van der Waals surface area contributed by atoms with Crippen molar-refractivity contribution in [1.82, 2.24) is 0 Å². The fourth-order valence-corrected chi connectivity index (χ4v) is 13.2. The Kier molecular flexibility index (Phi) is 13.5. The van der Waals surface area contributed by atoms with Gasteiger partial charge in [-0.25, -0.2) is 0 Å². The standard InChI is InChI=1S/C33H32.C23H20.C22H20/c1-21-15-17-27-28-18-16-24(20-31(28)33(3,4)30(27)19-21)26-13-8-14-29(32(26)23-10-7-11-23)25-12-6-5-9-22(25)2;1-2-7-17-12-14-18(15-13-17)23-16-19-8-3-4-9-20(19)21-10-5-6-11-22(21)23;1-15-9-11-18-19-12-10-17(16-7-5-4-6-8-16)14-21(19)22(2,3)20(18)13-15/h5-6,8-9,12-20,23H,7,10-11H2,1-4H3;3-6,8-16H,2,7H2,1H3;4-14H,1-3H3. The Balaban J connectivity index is 0.000000121. The third kappa shape index (κ3) is 9.20. The topological polar surface area (TPSA) is 0 Å². The van der Waals surface area contributed by atoms with Crippen molar-refractivity contribution in [3.8, 4) is 66.8 Å². The first-order valence-corrected chi connectivity index (χ1v) is 28.7. The van der Waals surface area contributed by atoms with Gasteiger partial charge in [0.15, 0.2) is 0 Å². The largest absolute Gasteiger partial charge is 0.0651 e. The number of aryl methyl sites for hydroxylation is 4. The second kappa shape index (κ2) is 20.7. The van der Waals surface area contributed by atoms with E-state index < -0.39 is 0 Å². The lowest BCUT2D eigenvalue weighted by atomic mass is 9.73. The first-order valence-electron chi connectivity index (χ1n) is 28.7. The van der Waals surface area contributed by atoms with E-state index in [1.165, 1.54) is 158 Å². The number of rotatable bonds is 7. The minimum atomic E-state index is 0.0248. The third-order valence-electron chi connectivity index (χ3n) is 17.7. The molecule has 1 saturated carbocycles. The Morgan fingerprint density at radius 2 is 0.859 bits per heavy atom. The summed E-state index contributed by atoms with van der Waals surface area (Å²) in [5.74, 6) is 0.664. The first-order chi connectivity index (χ1) is 37.9. The van der Waals surface area contributed by atoms with Gasteiger partial charge in [0, 0.05) is 10.8 Å². The molecule has 0 saturated heterocycles. The molecule has 3 aliphatic rings. The predicted octanol–water partition coefficient (Wildman–Crippen LogP) is 21.8. The minimum Gasteiger partial charge on any atom is -0.0651 e. The van der Waals surface area contributed by atoms with E-state index in [-0.39, 0.29) is 10.8 Å². The molecule has 0 aromatic heterocycles. The molecule has 11 aromatic rings. The summed E-state index contributed by atoms with van der Waals surface area (Å²) in [7, 11) is 0. The van der Waals surface area contributed by atoms with Gasteiger partial charge in [0.1, 0.15) is 0 Å². The molecule has 11 aromatic carbocycles. The van der Waals surface area contributed by atoms with Crippen molar-refractivity contribution in [2.75, 3.05) is 0 Å². The van der Waals surface area contributed by atoms with Crippen LogP contribution in [-0.4, -0.2) is 0 Å². The van der Waals surface area contributed by atoms with Gasteiger partial charge in [-0.15, -0.1) is 0 Å². The number of benzene rings is 11. The lowest BCUT2D eigenvalue weighted by molar-refractivity contribution is 0.421. The zero-order valence-electron chi connectivity index (χ0n) is 47.0. The fourth-order valence-electron chi connectivity index (χ4n) is 13.2. The van der Waals surface area contributed by atoms with E-state index in [9.17, 15) is 0 Å². The molecule has 0 heteroatoms. The van der Waals surface area contributed by atoms with Gasteiger partial charge in [0.25, 0.3) is 0 Å². The average molecular weight is 1010 g/mol. The second-order valence-electron chi connectivity index (χ2n) is 23.6. The van der Waals surface area contributed by atoms with E-state index in [0.29, 0.717) is 5.92 Å². The molecule has 0 nitrogen and oxygen atoms in total. The summed E-state index contributed by atoms with van der Waals surface area (Å²) in [6.07, 6.45) is 6.29. The maximum atomic E-state index is 2.49. The summed E-state index contributed by atoms with van der Waals surface area (Å²) in [6.45, 7) is 18.3. The summed E-state index contributed by atoms with van der Waals surface area (Å²) < 4.78 is 0. The zero-order valence-corrected chi connectivity index (χ0v) is 47.0. The van der Waals surface area contributed by atoms with Gasteiger partial charge in [0.05, 0.1) is 0 Å². The number of fused-ring (bicyclic) bond motifs is 9. The van der Waals surface area contributed by atoms with Crippen LogP contribution in [0.2, 0.25) is 0 Å². The Morgan fingerprint density at radius 3 is 1.47 bits per heavy atom. The normalized spacial score (nSPS) is 14.3. The smallest absolute Gasteiger partial charge is 0.0159 e. The van der Waals surface area contributed by atoms with E-state index in [4.69, 9.17) is 0 Å². The van der Waals surface area contributed by atoms with Crippen LogP contribution in [0.15, 0.2) is 224 Å². The van der Waals surface area contributed by atoms with Gasteiger partial charge in [-0.2, -0.15) is 0 Å². The van der Waals surface area contributed by atoms with Crippen LogP contribution in [-0.2, 0) is 17.3 Å². The van der Waals surface area contributed by atoms with Crippen molar-refractivity contribution < 1.29 is 0 Å². The summed E-state index contributed by atoms with van der Waals surface area (Å²) in [6, 6.07) is 83.2. The molecule has 0 atom stereocenters. The van der Waals surface area contributed by atoms with E-state index in [0.717, 1.165) is 6.42 Å². The Bertz CT molecular complexity index is 4030. The molecular weight excluding hydrogens is 937 g/mol. The molecule has 0 aliphatic heterocycles. The third-order valence-corrected chi connectivity index (χ3v) is 17.7. The molecule has 0 unspecified atom stereocenters. The van der Waals surface area contributed by atoms with Crippen molar-refractivity contribution in [2.45, 2.75) is 104 Å². The SMILES string of the molecule is CCCc1ccc(-c2cc3ccccc3c3ccccc23)cc1.Cc1ccc2c(c1)C(C)(C)c1cc(-c3cccc(-c4ccccc4C)c3C3CCC3)ccc1-2.Cc1ccc2c(c1)C(C)(C)c1cc(-c3ccccc3)ccc1-2. The van der Waals surface area contributed by atoms with E-state index in [2.05, 4.69) is 280 Å². The van der Waals surface area contributed by atoms with E-state index >= 15 is 0 Å². The maximum absolute atomic E-state index is 2.49. The van der Waals surface area contributed by atoms with Crippen LogP contribution >= 0.6 is 0 Å². The van der Waals surface area contributed by atoms with E-state index in [1.54, 1.807) is 5.56 Å². The number of hydrogen-bond donors (Lipinski definition) is 0. The van der Waals surface area contributed by atoms with Crippen LogP contribution in [0.25, 0.3) is 88.3 Å². The lowest BCUT2D eigenvalue weighted by Crippen LogP contribution is -2.15. The van der Waals surface area contributed by atoms with Crippen LogP contribution in [0, 0.1) is 20.8 Å². The maximum Gasteiger partial charge on any atom is 0.0159 e. The summed E-state index contributed by atoms with van der Waals surface area (Å²) >= 11 is 0. The van der Waals surface area contributed by atoms with Crippen LogP contribution < -0.4 is 0 Å². The molecule has 384 valence electrons. The molecule has 0 bridgehead atoms. The van der Waals surface area contributed by atoms with Crippen molar-refractivity contribution in [3.63, 3.8) is 0 Å². The molecule has 14 rings (SSSR count). The Hall–Kier alpha value is -8.06. The monoisotopic (exact) mass is 1010 g/mol. The highest BCUT2D eigenvalue weighted by Crippen LogP contribution is 2.53. The van der Waals surface area contributed by atoms with Gasteiger partial charge in [-0.05, 0) is 191 Å². The number of hydrogen-bond acceptors (Lipinski definition) is 0. The van der Waals surface area contributed by atoms with Crippen LogP contribution in [0.1, 0.15) is 116 Å².